The molecule has 3 fully saturated rings. The molecule has 1 spiro atoms. The zero-order chi connectivity index (χ0) is 26.0. The molecule has 2 saturated carbocycles. The van der Waals surface area contributed by atoms with Gasteiger partial charge in [-0.25, -0.2) is 4.98 Å². The third-order valence-corrected chi connectivity index (χ3v) is 9.66. The smallest absolute Gasteiger partial charge is 0.230 e. The number of aliphatic hydroxyl groups is 1. The maximum absolute atomic E-state index is 8.85. The van der Waals surface area contributed by atoms with E-state index in [1.807, 2.05) is 10.9 Å². The van der Waals surface area contributed by atoms with Crippen molar-refractivity contribution in [3.8, 4) is 0 Å². The molecule has 1 saturated heterocycles. The lowest BCUT2D eigenvalue weighted by Gasteiger charge is -2.41. The van der Waals surface area contributed by atoms with E-state index in [1.54, 1.807) is 17.5 Å². The molecule has 3 aromatic heterocycles. The Labute approximate surface area is 228 Å². The zero-order valence-corrected chi connectivity index (χ0v) is 23.2. The third kappa shape index (κ3) is 5.95. The van der Waals surface area contributed by atoms with E-state index in [9.17, 15) is 0 Å². The maximum Gasteiger partial charge on any atom is 0.230 e. The molecule has 3 aliphatic rings. The summed E-state index contributed by atoms with van der Waals surface area (Å²) in [7, 11) is 0. The largest absolute Gasteiger partial charge is 0.394 e. The zero-order valence-electron chi connectivity index (χ0n) is 22.4. The second-order valence-electron chi connectivity index (χ2n) is 11.1. The highest BCUT2D eigenvalue weighted by Crippen LogP contribution is 2.54. The fraction of sp³-hybridized carbons (Fsp3) is 0.704. The van der Waals surface area contributed by atoms with E-state index in [0.29, 0.717) is 31.7 Å². The Bertz CT molecular complexity index is 1210. The maximum atomic E-state index is 8.85. The molecule has 3 aromatic rings. The van der Waals surface area contributed by atoms with Gasteiger partial charge in [-0.1, -0.05) is 18.3 Å². The number of aliphatic hydroxyl groups excluding tert-OH is 1. The summed E-state index contributed by atoms with van der Waals surface area (Å²) in [5.74, 6) is 1.38. The van der Waals surface area contributed by atoms with E-state index < -0.39 is 0 Å². The molecule has 3 N–H and O–H groups in total. The molecule has 6 rings (SSSR count). The van der Waals surface area contributed by atoms with Crippen LogP contribution in [-0.4, -0.2) is 79.7 Å². The second-order valence-corrected chi connectivity index (χ2v) is 12.2. The van der Waals surface area contributed by atoms with Crippen molar-refractivity contribution in [2.24, 2.45) is 5.41 Å². The van der Waals surface area contributed by atoms with Crippen LogP contribution < -0.4 is 10.6 Å². The Morgan fingerprint density at radius 2 is 1.89 bits per heavy atom. The number of aromatic nitrogens is 5. The molecule has 0 unspecified atom stereocenters. The summed E-state index contributed by atoms with van der Waals surface area (Å²) in [5, 5.41) is 21.4. The van der Waals surface area contributed by atoms with Crippen LogP contribution in [-0.2, 0) is 17.7 Å². The fourth-order valence-corrected chi connectivity index (χ4v) is 6.87. The average Bonchev–Trinajstić information content (AvgIpc) is 3.32. The van der Waals surface area contributed by atoms with Gasteiger partial charge in [0.05, 0.1) is 43.3 Å². The van der Waals surface area contributed by atoms with Gasteiger partial charge in [-0.3, -0.25) is 4.68 Å². The Morgan fingerprint density at radius 1 is 1.08 bits per heavy atom. The van der Waals surface area contributed by atoms with Gasteiger partial charge in [-0.2, -0.15) is 15.1 Å². The minimum atomic E-state index is 0.0277. The first-order valence-electron chi connectivity index (χ1n) is 14.3. The fourth-order valence-electron chi connectivity index (χ4n) is 6.00. The van der Waals surface area contributed by atoms with Crippen LogP contribution in [0.15, 0.2) is 12.4 Å². The molecular weight excluding hydrogens is 500 g/mol. The molecule has 0 atom stereocenters. The number of anilines is 3. The highest BCUT2D eigenvalue weighted by Gasteiger charge is 2.45. The Hall–Kier alpha value is -2.34. The van der Waals surface area contributed by atoms with Gasteiger partial charge in [0.2, 0.25) is 5.95 Å². The standard InChI is InChI=1S/C27H40N8O2S/c1-2-22-31-23-24(29-19-3-5-21(6-4-19)34-11-9-27(7-8-27)10-12-34)32-26(33-25(23)38-22)30-20-17-28-35(18-20)13-15-37-16-14-36/h17-19,21,36H,2-16H2,1H3,(H2,29,30,32,33). The highest BCUT2D eigenvalue weighted by atomic mass is 32.1. The van der Waals surface area contributed by atoms with E-state index in [-0.39, 0.29) is 6.61 Å². The van der Waals surface area contributed by atoms with E-state index in [0.717, 1.165) is 57.6 Å². The van der Waals surface area contributed by atoms with E-state index in [1.165, 1.54) is 51.6 Å². The van der Waals surface area contributed by atoms with E-state index in [4.69, 9.17) is 24.8 Å². The number of nitrogens with one attached hydrogen (secondary N) is 2. The number of nitrogens with zero attached hydrogens (tertiary/aromatic N) is 6. The number of aryl methyl sites for hydroxylation is 1. The molecule has 4 heterocycles. The van der Waals surface area contributed by atoms with E-state index in [2.05, 4.69) is 27.6 Å². The van der Waals surface area contributed by atoms with Gasteiger partial charge in [0, 0.05) is 18.3 Å². The van der Waals surface area contributed by atoms with Crippen molar-refractivity contribution < 1.29 is 9.84 Å². The van der Waals surface area contributed by atoms with Crippen molar-refractivity contribution in [2.75, 3.05) is 43.5 Å². The minimum Gasteiger partial charge on any atom is -0.394 e. The lowest BCUT2D eigenvalue weighted by Crippen LogP contribution is -2.45. The van der Waals surface area contributed by atoms with Gasteiger partial charge in [-0.05, 0) is 76.3 Å². The van der Waals surface area contributed by atoms with Crippen LogP contribution in [0.4, 0.5) is 17.5 Å². The van der Waals surface area contributed by atoms with E-state index >= 15 is 0 Å². The van der Waals surface area contributed by atoms with Gasteiger partial charge in [-0.15, -0.1) is 0 Å². The molecule has 0 radical (unpaired) electrons. The normalized spacial score (nSPS) is 23.2. The quantitative estimate of drug-likeness (QED) is 0.308. The molecule has 1 aliphatic heterocycles. The highest BCUT2D eigenvalue weighted by molar-refractivity contribution is 7.18. The summed E-state index contributed by atoms with van der Waals surface area (Å²) in [6.45, 7) is 6.21. The Kier molecular flexibility index (Phi) is 7.78. The number of hydrogen-bond acceptors (Lipinski definition) is 10. The molecule has 0 bridgehead atoms. The topological polar surface area (TPSA) is 113 Å². The van der Waals surface area contributed by atoms with Gasteiger partial charge >= 0.3 is 0 Å². The summed E-state index contributed by atoms with van der Waals surface area (Å²) >= 11 is 1.64. The number of rotatable bonds is 11. The number of thiazole rings is 1. The van der Waals surface area contributed by atoms with Crippen molar-refractivity contribution in [2.45, 2.75) is 83.3 Å². The summed E-state index contributed by atoms with van der Waals surface area (Å²) in [5.41, 5.74) is 2.45. The molecular formula is C27H40N8O2S. The van der Waals surface area contributed by atoms with Gasteiger partial charge in [0.25, 0.3) is 0 Å². The molecule has 2 aliphatic carbocycles. The summed E-state index contributed by atoms with van der Waals surface area (Å²) in [6, 6.07) is 1.15. The van der Waals surface area contributed by atoms with Crippen LogP contribution in [0.5, 0.6) is 0 Å². The molecule has 0 aromatic carbocycles. The monoisotopic (exact) mass is 540 g/mol. The van der Waals surface area contributed by atoms with Crippen molar-refractivity contribution in [3.63, 3.8) is 0 Å². The average molecular weight is 541 g/mol. The Morgan fingerprint density at radius 3 is 2.63 bits per heavy atom. The van der Waals surface area contributed by atoms with Crippen molar-refractivity contribution in [1.29, 1.82) is 0 Å². The third-order valence-electron chi connectivity index (χ3n) is 8.56. The number of fused-ring (bicyclic) bond motifs is 1. The summed E-state index contributed by atoms with van der Waals surface area (Å²) in [4.78, 5) is 18.2. The lowest BCUT2D eigenvalue weighted by atomic mass is 9.87. The van der Waals surface area contributed by atoms with Crippen LogP contribution in [0.2, 0.25) is 0 Å². The number of ether oxygens (including phenoxy) is 1. The number of likely N-dealkylation sites (tertiary alicyclic amines) is 1. The van der Waals surface area contributed by atoms with Gasteiger partial charge < -0.3 is 25.4 Å². The number of hydrogen-bond donors (Lipinski definition) is 3. The molecule has 10 nitrogen and oxygen atoms in total. The first-order chi connectivity index (χ1) is 18.6. The van der Waals surface area contributed by atoms with Crippen LogP contribution in [0.3, 0.4) is 0 Å². The molecule has 0 amide bonds. The predicted octanol–water partition coefficient (Wildman–Crippen LogP) is 4.20. The Balaban J connectivity index is 1.10. The van der Waals surface area contributed by atoms with Crippen LogP contribution >= 0.6 is 11.3 Å². The molecule has 38 heavy (non-hydrogen) atoms. The molecule has 206 valence electrons. The van der Waals surface area contributed by atoms with Crippen LogP contribution in [0, 0.1) is 5.41 Å². The molecule has 11 heteroatoms. The van der Waals surface area contributed by atoms with Gasteiger partial charge in [0.1, 0.15) is 5.52 Å². The van der Waals surface area contributed by atoms with Crippen LogP contribution in [0.1, 0.15) is 63.3 Å². The minimum absolute atomic E-state index is 0.0277. The van der Waals surface area contributed by atoms with Crippen molar-refractivity contribution in [1.82, 2.24) is 29.6 Å². The first-order valence-corrected chi connectivity index (χ1v) is 15.1. The SMILES string of the molecule is CCc1nc2c(NC3CCC(N4CCC5(CC4)CC5)CC3)nc(Nc3cnn(CCOCCO)c3)nc2s1. The number of piperidine rings is 1. The first kappa shape index (κ1) is 25.9. The van der Waals surface area contributed by atoms with Crippen molar-refractivity contribution >= 4 is 39.1 Å². The summed E-state index contributed by atoms with van der Waals surface area (Å²) < 4.78 is 7.15. The summed E-state index contributed by atoms with van der Waals surface area (Å²) in [6.07, 6.45) is 15.2. The predicted molar refractivity (Wildman–Crippen MR) is 150 cm³/mol. The lowest BCUT2D eigenvalue weighted by molar-refractivity contribution is 0.0854. The van der Waals surface area contributed by atoms with Crippen LogP contribution in [0.25, 0.3) is 10.3 Å². The second kappa shape index (κ2) is 11.4. The van der Waals surface area contributed by atoms with Crippen molar-refractivity contribution in [3.05, 3.63) is 17.4 Å². The van der Waals surface area contributed by atoms with Gasteiger partial charge in [0.15, 0.2) is 10.6 Å².